The molecule has 0 bridgehead atoms. The molecule has 0 spiro atoms. The van der Waals surface area contributed by atoms with E-state index in [1.807, 2.05) is 6.07 Å². The third-order valence-corrected chi connectivity index (χ3v) is 3.99. The van der Waals surface area contributed by atoms with Gasteiger partial charge in [-0.05, 0) is 55.7 Å². The lowest BCUT2D eigenvalue weighted by molar-refractivity contribution is 0.101. The number of hydrogen-bond acceptors (Lipinski definition) is 1. The highest BCUT2D eigenvalue weighted by molar-refractivity contribution is 6.19. The summed E-state index contributed by atoms with van der Waals surface area (Å²) in [5, 5.41) is 0. The smallest absolute Gasteiger partial charge is 0.135 e. The Hall–Kier alpha value is -1.13. The van der Waals surface area contributed by atoms with E-state index in [1.165, 1.54) is 12.0 Å². The van der Waals surface area contributed by atoms with E-state index >= 15 is 0 Å². The molecule has 1 nitrogen and oxygen atoms in total. The lowest BCUT2D eigenvalue weighted by atomic mass is 9.82. The summed E-state index contributed by atoms with van der Waals surface area (Å²) in [6, 6.07) is 6.19. The predicted molar refractivity (Wildman–Crippen MR) is 85.4 cm³/mol. The van der Waals surface area contributed by atoms with Crippen LogP contribution in [-0.2, 0) is 0 Å². The molecule has 2 rings (SSSR count). The van der Waals surface area contributed by atoms with E-state index < -0.39 is 0 Å². The Labute approximate surface area is 127 Å². The third kappa shape index (κ3) is 4.18. The summed E-state index contributed by atoms with van der Waals surface area (Å²) in [5.41, 5.74) is 2.15. The molecule has 0 N–H and O–H groups in total. The molecule has 2 unspecified atom stereocenters. The fourth-order valence-corrected chi connectivity index (χ4v) is 3.19. The number of rotatable bonds is 2. The fraction of sp³-hybridized carbons (Fsp3) is 0.556. The van der Waals surface area contributed by atoms with Gasteiger partial charge in [-0.15, -0.1) is 11.6 Å². The minimum atomic E-state index is 0.313. The highest BCUT2D eigenvalue weighted by Gasteiger charge is 2.25. The Morgan fingerprint density at radius 3 is 2.55 bits per heavy atom. The van der Waals surface area contributed by atoms with Crippen molar-refractivity contribution in [1.82, 2.24) is 0 Å². The monoisotopic (exact) mass is 290 g/mol. The van der Waals surface area contributed by atoms with Gasteiger partial charge in [0, 0.05) is 0 Å². The average molecular weight is 291 g/mol. The SMILES string of the molecule is Cc1ccc(OC2CC(C)CC(C)C2)c(C#CCCl)c1. The van der Waals surface area contributed by atoms with E-state index in [9.17, 15) is 0 Å². The molecule has 0 amide bonds. The number of benzene rings is 1. The largest absolute Gasteiger partial charge is 0.489 e. The topological polar surface area (TPSA) is 9.23 Å². The molecule has 1 saturated carbocycles. The van der Waals surface area contributed by atoms with Gasteiger partial charge >= 0.3 is 0 Å². The second kappa shape index (κ2) is 7.04. The molecule has 2 atom stereocenters. The van der Waals surface area contributed by atoms with Crippen molar-refractivity contribution >= 4 is 11.6 Å². The maximum absolute atomic E-state index is 6.23. The van der Waals surface area contributed by atoms with Gasteiger partial charge in [-0.25, -0.2) is 0 Å². The summed E-state index contributed by atoms with van der Waals surface area (Å²) in [7, 11) is 0. The van der Waals surface area contributed by atoms with Gasteiger partial charge in [0.15, 0.2) is 0 Å². The summed E-state index contributed by atoms with van der Waals surface area (Å²) < 4.78 is 6.23. The number of halogens is 1. The first-order valence-electron chi connectivity index (χ1n) is 7.40. The van der Waals surface area contributed by atoms with Crippen LogP contribution in [0.25, 0.3) is 0 Å². The van der Waals surface area contributed by atoms with Gasteiger partial charge in [-0.3, -0.25) is 0 Å². The molecule has 20 heavy (non-hydrogen) atoms. The molecule has 0 saturated heterocycles. The van der Waals surface area contributed by atoms with Crippen LogP contribution in [0.2, 0.25) is 0 Å². The van der Waals surface area contributed by atoms with Crippen molar-refractivity contribution < 1.29 is 4.74 Å². The molecular weight excluding hydrogens is 268 g/mol. The van der Waals surface area contributed by atoms with Crippen LogP contribution in [0.1, 0.15) is 44.2 Å². The Morgan fingerprint density at radius 1 is 1.20 bits per heavy atom. The van der Waals surface area contributed by atoms with Gasteiger partial charge in [-0.2, -0.15) is 0 Å². The van der Waals surface area contributed by atoms with E-state index in [2.05, 4.69) is 44.7 Å². The zero-order valence-corrected chi connectivity index (χ0v) is 13.3. The van der Waals surface area contributed by atoms with E-state index in [-0.39, 0.29) is 0 Å². The van der Waals surface area contributed by atoms with E-state index in [0.29, 0.717) is 12.0 Å². The minimum Gasteiger partial charge on any atom is -0.489 e. The zero-order valence-electron chi connectivity index (χ0n) is 12.6. The van der Waals surface area contributed by atoms with Crippen LogP contribution in [0.4, 0.5) is 0 Å². The van der Waals surface area contributed by atoms with Crippen molar-refractivity contribution in [2.75, 3.05) is 5.88 Å². The molecule has 2 heteroatoms. The maximum atomic E-state index is 6.23. The molecule has 108 valence electrons. The first-order valence-corrected chi connectivity index (χ1v) is 7.94. The van der Waals surface area contributed by atoms with E-state index in [1.54, 1.807) is 0 Å². The predicted octanol–water partition coefficient (Wildman–Crippen LogP) is 4.79. The number of hydrogen-bond donors (Lipinski definition) is 0. The summed E-state index contributed by atoms with van der Waals surface area (Å²) >= 11 is 5.66. The Kier molecular flexibility index (Phi) is 5.38. The molecule has 0 heterocycles. The van der Waals surface area contributed by atoms with Crippen molar-refractivity contribution in [3.8, 4) is 17.6 Å². The highest BCUT2D eigenvalue weighted by atomic mass is 35.5. The van der Waals surface area contributed by atoms with Crippen molar-refractivity contribution in [3.05, 3.63) is 29.3 Å². The number of alkyl halides is 1. The van der Waals surface area contributed by atoms with Crippen LogP contribution < -0.4 is 4.74 Å². The van der Waals surface area contributed by atoms with Gasteiger partial charge < -0.3 is 4.74 Å². The van der Waals surface area contributed by atoms with Crippen LogP contribution >= 0.6 is 11.6 Å². The van der Waals surface area contributed by atoms with Gasteiger partial charge in [0.1, 0.15) is 5.75 Å². The quantitative estimate of drug-likeness (QED) is 0.562. The molecule has 1 aromatic carbocycles. The molecule has 0 radical (unpaired) electrons. The summed E-state index contributed by atoms with van der Waals surface area (Å²) in [6.07, 6.45) is 3.90. The average Bonchev–Trinajstić information content (AvgIpc) is 2.38. The molecule has 0 aromatic heterocycles. The summed E-state index contributed by atoms with van der Waals surface area (Å²) in [5.74, 6) is 8.77. The lowest BCUT2D eigenvalue weighted by Gasteiger charge is -2.32. The second-order valence-corrected chi connectivity index (χ2v) is 6.36. The van der Waals surface area contributed by atoms with Gasteiger partial charge in [-0.1, -0.05) is 31.8 Å². The lowest BCUT2D eigenvalue weighted by Crippen LogP contribution is -2.28. The van der Waals surface area contributed by atoms with E-state index in [4.69, 9.17) is 16.3 Å². The normalized spacial score (nSPS) is 25.7. The minimum absolute atomic E-state index is 0.313. The second-order valence-electron chi connectivity index (χ2n) is 6.09. The zero-order chi connectivity index (χ0) is 14.5. The first kappa shape index (κ1) is 15.3. The van der Waals surface area contributed by atoms with Crippen LogP contribution in [0.5, 0.6) is 5.75 Å². The van der Waals surface area contributed by atoms with Gasteiger partial charge in [0.25, 0.3) is 0 Å². The van der Waals surface area contributed by atoms with Crippen LogP contribution in [0.3, 0.4) is 0 Å². The molecule has 1 fully saturated rings. The van der Waals surface area contributed by atoms with Crippen LogP contribution in [0.15, 0.2) is 18.2 Å². The number of ether oxygens (including phenoxy) is 1. The third-order valence-electron chi connectivity index (χ3n) is 3.85. The first-order chi connectivity index (χ1) is 9.58. The van der Waals surface area contributed by atoms with Crippen LogP contribution in [-0.4, -0.2) is 12.0 Å². The molecule has 0 aliphatic heterocycles. The van der Waals surface area contributed by atoms with E-state index in [0.717, 1.165) is 36.0 Å². The summed E-state index contributed by atoms with van der Waals surface area (Å²) in [4.78, 5) is 0. The maximum Gasteiger partial charge on any atom is 0.135 e. The van der Waals surface area contributed by atoms with Crippen molar-refractivity contribution in [2.24, 2.45) is 11.8 Å². The van der Waals surface area contributed by atoms with Crippen molar-refractivity contribution in [1.29, 1.82) is 0 Å². The Bertz CT molecular complexity index is 502. The Balaban J connectivity index is 2.16. The van der Waals surface area contributed by atoms with Crippen molar-refractivity contribution in [3.63, 3.8) is 0 Å². The molecular formula is C18H23ClO. The fourth-order valence-electron chi connectivity index (χ4n) is 3.12. The van der Waals surface area contributed by atoms with Crippen LogP contribution in [0, 0.1) is 30.6 Å². The molecule has 1 aromatic rings. The molecule has 1 aliphatic carbocycles. The molecule has 1 aliphatic rings. The van der Waals surface area contributed by atoms with Gasteiger partial charge in [0.05, 0.1) is 17.5 Å². The highest BCUT2D eigenvalue weighted by Crippen LogP contribution is 2.32. The Morgan fingerprint density at radius 2 is 1.90 bits per heavy atom. The van der Waals surface area contributed by atoms with Gasteiger partial charge in [0.2, 0.25) is 0 Å². The van der Waals surface area contributed by atoms with Crippen molar-refractivity contribution in [2.45, 2.75) is 46.1 Å². The standard InChI is InChI=1S/C18H23ClO/c1-13-6-7-18(16(10-13)5-4-8-19)20-17-11-14(2)9-15(3)12-17/h6-7,10,14-15,17H,8-9,11-12H2,1-3H3. The summed E-state index contributed by atoms with van der Waals surface area (Å²) in [6.45, 7) is 6.70. The number of aryl methyl sites for hydroxylation is 1.